The van der Waals surface area contributed by atoms with Gasteiger partial charge in [-0.05, 0) is 55.6 Å². The summed E-state index contributed by atoms with van der Waals surface area (Å²) >= 11 is 0. The predicted molar refractivity (Wildman–Crippen MR) is 80.2 cm³/mol. The van der Waals surface area contributed by atoms with Gasteiger partial charge >= 0.3 is 0 Å². The summed E-state index contributed by atoms with van der Waals surface area (Å²) in [6, 6.07) is 8.40. The van der Waals surface area contributed by atoms with Crippen molar-refractivity contribution in [3.63, 3.8) is 0 Å². The van der Waals surface area contributed by atoms with E-state index in [2.05, 4.69) is 45.0 Å². The average Bonchev–Trinajstić information content (AvgIpc) is 2.40. The van der Waals surface area contributed by atoms with Crippen LogP contribution in [0.15, 0.2) is 24.3 Å². The van der Waals surface area contributed by atoms with Crippen molar-refractivity contribution in [3.8, 4) is 0 Å². The van der Waals surface area contributed by atoms with Crippen molar-refractivity contribution < 1.29 is 4.79 Å². The first-order valence-corrected chi connectivity index (χ1v) is 7.65. The molecule has 0 N–H and O–H groups in total. The lowest BCUT2D eigenvalue weighted by atomic mass is 9.74. The lowest BCUT2D eigenvalue weighted by molar-refractivity contribution is -0.124. The molecule has 19 heavy (non-hydrogen) atoms. The lowest BCUT2D eigenvalue weighted by Crippen LogP contribution is -2.26. The molecule has 0 bridgehead atoms. The van der Waals surface area contributed by atoms with Crippen molar-refractivity contribution in [2.75, 3.05) is 0 Å². The molecule has 0 aromatic heterocycles. The zero-order valence-electron chi connectivity index (χ0n) is 12.5. The van der Waals surface area contributed by atoms with Crippen molar-refractivity contribution in [3.05, 3.63) is 35.4 Å². The van der Waals surface area contributed by atoms with Gasteiger partial charge in [-0.1, -0.05) is 38.1 Å². The third-order valence-electron chi connectivity index (χ3n) is 4.96. The number of carbonyl (C=O) groups is 1. The highest BCUT2D eigenvalue weighted by Gasteiger charge is 2.28. The van der Waals surface area contributed by atoms with Gasteiger partial charge < -0.3 is 0 Å². The third kappa shape index (κ3) is 3.68. The zero-order valence-corrected chi connectivity index (χ0v) is 12.5. The molecule has 1 aromatic carbocycles. The van der Waals surface area contributed by atoms with Crippen molar-refractivity contribution in [1.82, 2.24) is 0 Å². The van der Waals surface area contributed by atoms with Gasteiger partial charge in [-0.15, -0.1) is 0 Å². The number of benzene rings is 1. The first-order chi connectivity index (χ1) is 9.08. The van der Waals surface area contributed by atoms with Gasteiger partial charge in [-0.3, -0.25) is 4.79 Å². The van der Waals surface area contributed by atoms with Gasteiger partial charge in [-0.25, -0.2) is 0 Å². The second kappa shape index (κ2) is 6.36. The van der Waals surface area contributed by atoms with Gasteiger partial charge in [-0.2, -0.15) is 0 Å². The molecule has 0 heterocycles. The Bertz CT molecular complexity index is 435. The summed E-state index contributed by atoms with van der Waals surface area (Å²) in [5.74, 6) is 2.32. The van der Waals surface area contributed by atoms with E-state index in [9.17, 15) is 4.79 Å². The van der Waals surface area contributed by atoms with E-state index in [1.165, 1.54) is 17.5 Å². The third-order valence-corrected chi connectivity index (χ3v) is 4.96. The quantitative estimate of drug-likeness (QED) is 0.773. The molecular formula is C18H26O. The van der Waals surface area contributed by atoms with Crippen LogP contribution in [0.1, 0.15) is 50.7 Å². The second-order valence-electron chi connectivity index (χ2n) is 6.36. The Balaban J connectivity index is 1.87. The average molecular weight is 258 g/mol. The van der Waals surface area contributed by atoms with Crippen LogP contribution < -0.4 is 0 Å². The predicted octanol–water partition coefficient (Wildman–Crippen LogP) is 4.57. The Morgan fingerprint density at radius 3 is 2.58 bits per heavy atom. The number of hydrogen-bond donors (Lipinski definition) is 0. The minimum Gasteiger partial charge on any atom is -0.299 e. The van der Waals surface area contributed by atoms with Crippen LogP contribution >= 0.6 is 0 Å². The SMILES string of the molecule is Cc1ccccc1CCC(=O)C1CCC(C)C(C)C1. The molecule has 1 saturated carbocycles. The van der Waals surface area contributed by atoms with Crippen molar-refractivity contribution in [1.29, 1.82) is 0 Å². The maximum absolute atomic E-state index is 12.3. The summed E-state index contributed by atoms with van der Waals surface area (Å²) in [7, 11) is 0. The molecule has 2 rings (SSSR count). The minimum absolute atomic E-state index is 0.329. The Labute approximate surface area is 117 Å². The largest absolute Gasteiger partial charge is 0.299 e. The van der Waals surface area contributed by atoms with Crippen molar-refractivity contribution in [2.45, 2.75) is 52.9 Å². The molecule has 1 fully saturated rings. The maximum Gasteiger partial charge on any atom is 0.136 e. The molecule has 3 unspecified atom stereocenters. The smallest absolute Gasteiger partial charge is 0.136 e. The standard InChI is InChI=1S/C18H26O/c1-13-8-9-17(12-15(13)3)18(19)11-10-16-7-5-4-6-14(16)2/h4-7,13,15,17H,8-12H2,1-3H3. The van der Waals surface area contributed by atoms with Gasteiger partial charge in [0.1, 0.15) is 5.78 Å². The fourth-order valence-electron chi connectivity index (χ4n) is 3.19. The number of Topliss-reactive ketones (excluding diaryl/α,β-unsaturated/α-hetero) is 1. The zero-order chi connectivity index (χ0) is 13.8. The number of hydrogen-bond acceptors (Lipinski definition) is 1. The van der Waals surface area contributed by atoms with E-state index in [0.717, 1.165) is 31.6 Å². The number of carbonyl (C=O) groups excluding carboxylic acids is 1. The fourth-order valence-corrected chi connectivity index (χ4v) is 3.19. The summed E-state index contributed by atoms with van der Waals surface area (Å²) in [5.41, 5.74) is 2.63. The molecule has 1 aliphatic rings. The lowest BCUT2D eigenvalue weighted by Gasteiger charge is -2.31. The molecule has 0 spiro atoms. The Morgan fingerprint density at radius 2 is 1.89 bits per heavy atom. The van der Waals surface area contributed by atoms with Gasteiger partial charge in [0.15, 0.2) is 0 Å². The molecule has 0 saturated heterocycles. The molecule has 0 amide bonds. The number of ketones is 1. The van der Waals surface area contributed by atoms with Crippen LogP contribution in [0, 0.1) is 24.7 Å². The Morgan fingerprint density at radius 1 is 1.16 bits per heavy atom. The summed E-state index contributed by atoms with van der Waals surface area (Å²) in [6.07, 6.45) is 5.07. The highest BCUT2D eigenvalue weighted by Crippen LogP contribution is 2.34. The molecule has 3 atom stereocenters. The van der Waals surface area contributed by atoms with Gasteiger partial charge in [0, 0.05) is 12.3 Å². The van der Waals surface area contributed by atoms with E-state index in [1.807, 2.05) is 0 Å². The summed E-state index contributed by atoms with van der Waals surface area (Å²) < 4.78 is 0. The number of rotatable bonds is 4. The van der Waals surface area contributed by atoms with E-state index in [-0.39, 0.29) is 0 Å². The summed E-state index contributed by atoms with van der Waals surface area (Å²) in [5, 5.41) is 0. The van der Waals surface area contributed by atoms with Crippen LogP contribution in [0.3, 0.4) is 0 Å². The van der Waals surface area contributed by atoms with E-state index in [0.29, 0.717) is 17.6 Å². The summed E-state index contributed by atoms with van der Waals surface area (Å²) in [4.78, 5) is 12.3. The molecule has 1 nitrogen and oxygen atoms in total. The Hall–Kier alpha value is -1.11. The first-order valence-electron chi connectivity index (χ1n) is 7.65. The minimum atomic E-state index is 0.329. The maximum atomic E-state index is 12.3. The van der Waals surface area contributed by atoms with Crippen LogP contribution in [-0.2, 0) is 11.2 Å². The van der Waals surface area contributed by atoms with Crippen molar-refractivity contribution >= 4 is 5.78 Å². The number of aryl methyl sites for hydroxylation is 2. The normalized spacial score (nSPS) is 27.2. The summed E-state index contributed by atoms with van der Waals surface area (Å²) in [6.45, 7) is 6.74. The van der Waals surface area contributed by atoms with Gasteiger partial charge in [0.2, 0.25) is 0 Å². The van der Waals surface area contributed by atoms with E-state index >= 15 is 0 Å². The molecular weight excluding hydrogens is 232 g/mol. The monoisotopic (exact) mass is 258 g/mol. The van der Waals surface area contributed by atoms with E-state index in [4.69, 9.17) is 0 Å². The molecule has 1 aromatic rings. The molecule has 1 aliphatic carbocycles. The van der Waals surface area contributed by atoms with Crippen LogP contribution in [0.4, 0.5) is 0 Å². The van der Waals surface area contributed by atoms with Crippen LogP contribution in [-0.4, -0.2) is 5.78 Å². The van der Waals surface area contributed by atoms with E-state index < -0.39 is 0 Å². The Kier molecular flexibility index (Phi) is 4.79. The van der Waals surface area contributed by atoms with Crippen LogP contribution in [0.25, 0.3) is 0 Å². The molecule has 0 aliphatic heterocycles. The molecule has 104 valence electrons. The van der Waals surface area contributed by atoms with E-state index in [1.54, 1.807) is 0 Å². The highest BCUT2D eigenvalue weighted by atomic mass is 16.1. The highest BCUT2D eigenvalue weighted by molar-refractivity contribution is 5.81. The fraction of sp³-hybridized carbons (Fsp3) is 0.611. The first kappa shape index (κ1) is 14.3. The molecule has 0 radical (unpaired) electrons. The van der Waals surface area contributed by atoms with Crippen LogP contribution in [0.2, 0.25) is 0 Å². The molecule has 1 heteroatoms. The van der Waals surface area contributed by atoms with Crippen LogP contribution in [0.5, 0.6) is 0 Å². The van der Waals surface area contributed by atoms with Gasteiger partial charge in [0.05, 0.1) is 0 Å². The topological polar surface area (TPSA) is 17.1 Å². The van der Waals surface area contributed by atoms with Gasteiger partial charge in [0.25, 0.3) is 0 Å². The van der Waals surface area contributed by atoms with Crippen molar-refractivity contribution in [2.24, 2.45) is 17.8 Å². The second-order valence-corrected chi connectivity index (χ2v) is 6.36.